The zero-order valence-electron chi connectivity index (χ0n) is 30.4. The Kier molecular flexibility index (Phi) is 7.39. The van der Waals surface area contributed by atoms with E-state index < -0.39 is 5.41 Å². The Balaban J connectivity index is 1.05. The van der Waals surface area contributed by atoms with Crippen LogP contribution in [-0.2, 0) is 5.41 Å². The molecule has 0 bridgehead atoms. The molecule has 1 aliphatic heterocycles. The first-order chi connectivity index (χ1) is 27.8. The summed E-state index contributed by atoms with van der Waals surface area (Å²) in [5.41, 5.74) is 16.2. The Hall–Kier alpha value is -7.36. The van der Waals surface area contributed by atoms with Crippen molar-refractivity contribution in [2.24, 2.45) is 0 Å². The number of benzene rings is 8. The van der Waals surface area contributed by atoms with Gasteiger partial charge in [0.05, 0.1) is 16.8 Å². The van der Waals surface area contributed by atoms with E-state index in [2.05, 4.69) is 170 Å². The number of ether oxygens (including phenoxy) is 1. The Morgan fingerprint density at radius 3 is 1.41 bits per heavy atom. The first-order valence-corrected chi connectivity index (χ1v) is 19.1. The van der Waals surface area contributed by atoms with Crippen molar-refractivity contribution in [3.05, 3.63) is 229 Å². The number of nitrogens with zero attached hydrogens (tertiary/aromatic N) is 2. The Morgan fingerprint density at radius 1 is 0.321 bits per heavy atom. The fourth-order valence-corrected chi connectivity index (χ4v) is 8.95. The van der Waals surface area contributed by atoms with Gasteiger partial charge in [0.2, 0.25) is 0 Å². The summed E-state index contributed by atoms with van der Waals surface area (Å²) in [7, 11) is 0. The van der Waals surface area contributed by atoms with Gasteiger partial charge in [-0.25, -0.2) is 9.97 Å². The molecule has 1 spiro atoms. The maximum absolute atomic E-state index is 7.03. The molecule has 262 valence electrons. The minimum Gasteiger partial charge on any atom is -0.456 e. The molecule has 0 saturated carbocycles. The van der Waals surface area contributed by atoms with E-state index in [-0.39, 0.29) is 0 Å². The van der Waals surface area contributed by atoms with Crippen LogP contribution in [0.25, 0.3) is 67.3 Å². The van der Waals surface area contributed by atoms with Gasteiger partial charge in [-0.05, 0) is 51.1 Å². The monoisotopic (exact) mass is 714 g/mol. The summed E-state index contributed by atoms with van der Waals surface area (Å²) in [5.74, 6) is 2.46. The molecule has 3 heteroatoms. The molecule has 0 N–H and O–H groups in total. The summed E-state index contributed by atoms with van der Waals surface area (Å²) in [6, 6.07) is 72.9. The van der Waals surface area contributed by atoms with E-state index in [0.717, 1.165) is 67.4 Å². The number of aromatic nitrogens is 2. The summed E-state index contributed by atoms with van der Waals surface area (Å²) in [6.45, 7) is 0. The van der Waals surface area contributed by atoms with Crippen molar-refractivity contribution < 1.29 is 4.74 Å². The van der Waals surface area contributed by atoms with Gasteiger partial charge in [0, 0.05) is 33.4 Å². The minimum atomic E-state index is -0.517. The van der Waals surface area contributed by atoms with Gasteiger partial charge in [-0.1, -0.05) is 194 Å². The second-order valence-electron chi connectivity index (χ2n) is 14.4. The van der Waals surface area contributed by atoms with E-state index in [9.17, 15) is 0 Å². The molecule has 2 aliphatic rings. The van der Waals surface area contributed by atoms with Gasteiger partial charge in [-0.3, -0.25) is 0 Å². The van der Waals surface area contributed by atoms with Gasteiger partial charge >= 0.3 is 0 Å². The first-order valence-electron chi connectivity index (χ1n) is 19.1. The van der Waals surface area contributed by atoms with Gasteiger partial charge < -0.3 is 4.74 Å². The molecule has 0 saturated heterocycles. The standard InChI is InChI=1S/C53H34N2O/c1-3-16-36(17-4-1)48-34-49(37-18-5-2-6-19-37)55-52(54-48)38-32-30-35(31-33-38)39-20-7-8-21-40(39)43-24-15-28-47-51(43)56-50-29-14-13-27-46(50)53(47)44-25-11-9-22-41(44)42-23-10-12-26-45(42)53/h1-34H. The Morgan fingerprint density at radius 2 is 0.786 bits per heavy atom. The number of fused-ring (bicyclic) bond motifs is 9. The average Bonchev–Trinajstić information content (AvgIpc) is 3.57. The van der Waals surface area contributed by atoms with Crippen molar-refractivity contribution in [3.8, 4) is 78.8 Å². The van der Waals surface area contributed by atoms with Crippen molar-refractivity contribution in [2.75, 3.05) is 0 Å². The zero-order valence-corrected chi connectivity index (χ0v) is 30.4. The van der Waals surface area contributed by atoms with E-state index in [0.29, 0.717) is 5.82 Å². The predicted octanol–water partition coefficient (Wildman–Crippen LogP) is 13.3. The van der Waals surface area contributed by atoms with Crippen LogP contribution < -0.4 is 4.74 Å². The molecule has 0 radical (unpaired) electrons. The second-order valence-corrected chi connectivity index (χ2v) is 14.4. The van der Waals surface area contributed by atoms with Gasteiger partial charge in [0.1, 0.15) is 11.5 Å². The summed E-state index contributed by atoms with van der Waals surface area (Å²) in [4.78, 5) is 10.1. The van der Waals surface area contributed by atoms with Crippen LogP contribution in [0.15, 0.2) is 206 Å². The molecule has 56 heavy (non-hydrogen) atoms. The number of para-hydroxylation sites is 2. The molecule has 0 amide bonds. The lowest BCUT2D eigenvalue weighted by molar-refractivity contribution is 0.438. The summed E-state index contributed by atoms with van der Waals surface area (Å²) < 4.78 is 7.03. The number of rotatable bonds is 5. The highest BCUT2D eigenvalue weighted by Crippen LogP contribution is 2.63. The maximum atomic E-state index is 7.03. The minimum absolute atomic E-state index is 0.517. The summed E-state index contributed by atoms with van der Waals surface area (Å²) in [5, 5.41) is 0. The lowest BCUT2D eigenvalue weighted by Crippen LogP contribution is -2.32. The highest BCUT2D eigenvalue weighted by molar-refractivity contribution is 5.93. The number of hydrogen-bond acceptors (Lipinski definition) is 3. The van der Waals surface area contributed by atoms with Gasteiger partial charge in [0.15, 0.2) is 5.82 Å². The van der Waals surface area contributed by atoms with Crippen molar-refractivity contribution >= 4 is 0 Å². The maximum Gasteiger partial charge on any atom is 0.160 e. The van der Waals surface area contributed by atoms with Crippen LogP contribution in [0.2, 0.25) is 0 Å². The molecular weight excluding hydrogens is 681 g/mol. The lowest BCUT2D eigenvalue weighted by atomic mass is 9.65. The van der Waals surface area contributed by atoms with E-state index in [1.54, 1.807) is 0 Å². The topological polar surface area (TPSA) is 35.0 Å². The van der Waals surface area contributed by atoms with Crippen molar-refractivity contribution in [1.29, 1.82) is 0 Å². The predicted molar refractivity (Wildman–Crippen MR) is 227 cm³/mol. The van der Waals surface area contributed by atoms with Crippen LogP contribution in [0, 0.1) is 0 Å². The summed E-state index contributed by atoms with van der Waals surface area (Å²) in [6.07, 6.45) is 0. The highest BCUT2D eigenvalue weighted by atomic mass is 16.5. The van der Waals surface area contributed by atoms with E-state index in [1.807, 2.05) is 36.4 Å². The molecule has 2 heterocycles. The van der Waals surface area contributed by atoms with E-state index >= 15 is 0 Å². The SMILES string of the molecule is c1ccc(-c2cc(-c3ccccc3)nc(-c3ccc(-c4ccccc4-c4cccc5c4Oc4ccccc4C54c5ccccc5-c5ccccc54)cc3)n2)cc1. The molecule has 11 rings (SSSR count). The van der Waals surface area contributed by atoms with Crippen LogP contribution in [0.4, 0.5) is 0 Å². The third kappa shape index (κ3) is 4.91. The molecule has 1 aromatic heterocycles. The van der Waals surface area contributed by atoms with Crippen molar-refractivity contribution in [2.45, 2.75) is 5.41 Å². The third-order valence-electron chi connectivity index (χ3n) is 11.4. The molecular formula is C53H34N2O. The van der Waals surface area contributed by atoms with Crippen LogP contribution in [0.1, 0.15) is 22.3 Å². The Labute approximate surface area is 326 Å². The van der Waals surface area contributed by atoms with Gasteiger partial charge in [-0.2, -0.15) is 0 Å². The highest BCUT2D eigenvalue weighted by Gasteiger charge is 2.51. The van der Waals surface area contributed by atoms with Crippen molar-refractivity contribution in [1.82, 2.24) is 9.97 Å². The van der Waals surface area contributed by atoms with Crippen LogP contribution >= 0.6 is 0 Å². The smallest absolute Gasteiger partial charge is 0.160 e. The van der Waals surface area contributed by atoms with Crippen LogP contribution in [0.3, 0.4) is 0 Å². The normalized spacial score (nSPS) is 12.9. The van der Waals surface area contributed by atoms with Crippen molar-refractivity contribution in [3.63, 3.8) is 0 Å². The second kappa shape index (κ2) is 12.9. The molecule has 0 unspecified atom stereocenters. The van der Waals surface area contributed by atoms with E-state index in [4.69, 9.17) is 14.7 Å². The molecule has 0 atom stereocenters. The Bertz CT molecular complexity index is 2830. The quantitative estimate of drug-likeness (QED) is 0.178. The fraction of sp³-hybridized carbons (Fsp3) is 0.0189. The zero-order chi connectivity index (χ0) is 37.1. The van der Waals surface area contributed by atoms with Crippen LogP contribution in [0.5, 0.6) is 11.5 Å². The van der Waals surface area contributed by atoms with Gasteiger partial charge in [0.25, 0.3) is 0 Å². The molecule has 1 aliphatic carbocycles. The van der Waals surface area contributed by atoms with Gasteiger partial charge in [-0.15, -0.1) is 0 Å². The molecule has 9 aromatic rings. The molecule has 0 fully saturated rings. The average molecular weight is 715 g/mol. The third-order valence-corrected chi connectivity index (χ3v) is 11.4. The molecule has 3 nitrogen and oxygen atoms in total. The van der Waals surface area contributed by atoms with E-state index in [1.165, 1.54) is 27.8 Å². The largest absolute Gasteiger partial charge is 0.456 e. The van der Waals surface area contributed by atoms with Crippen LogP contribution in [-0.4, -0.2) is 9.97 Å². The molecule has 8 aromatic carbocycles. The lowest BCUT2D eigenvalue weighted by Gasteiger charge is -2.40. The number of hydrogen-bond donors (Lipinski definition) is 0. The summed E-state index contributed by atoms with van der Waals surface area (Å²) >= 11 is 0. The first kappa shape index (κ1) is 32.1. The fourth-order valence-electron chi connectivity index (χ4n) is 8.95.